The minimum absolute atomic E-state index is 0.00519. The van der Waals surface area contributed by atoms with Crippen LogP contribution < -0.4 is 5.43 Å². The van der Waals surface area contributed by atoms with Crippen molar-refractivity contribution in [2.45, 2.75) is 12.1 Å². The average Bonchev–Trinajstić information content (AvgIpc) is 3.31. The standard InChI is InChI=1S/C24H20N6O4S/c1-2-34-23(31)22(27-25-18-13-15-20(16-14-18)30(32)33)35-24-28-26-21(17-9-5-3-6-10-17)29(24)19-11-7-4-8-12-19/h3-16,25H,2H2,1H3/b27-22-. The molecular formula is C24H20N6O4S. The zero-order chi connectivity index (χ0) is 24.6. The monoisotopic (exact) mass is 488 g/mol. The smallest absolute Gasteiger partial charge is 0.365 e. The van der Waals surface area contributed by atoms with Crippen LogP contribution in [0.5, 0.6) is 0 Å². The molecule has 0 bridgehead atoms. The van der Waals surface area contributed by atoms with E-state index in [2.05, 4.69) is 20.7 Å². The largest absolute Gasteiger partial charge is 0.461 e. The molecule has 0 amide bonds. The van der Waals surface area contributed by atoms with E-state index in [0.29, 0.717) is 16.7 Å². The van der Waals surface area contributed by atoms with Crippen molar-refractivity contribution in [1.29, 1.82) is 0 Å². The Morgan fingerprint density at radius 2 is 1.69 bits per heavy atom. The third-order valence-electron chi connectivity index (χ3n) is 4.68. The van der Waals surface area contributed by atoms with E-state index in [9.17, 15) is 14.9 Å². The number of nitrogens with one attached hydrogen (secondary N) is 1. The highest BCUT2D eigenvalue weighted by atomic mass is 32.2. The van der Waals surface area contributed by atoms with E-state index in [1.807, 2.05) is 65.2 Å². The number of non-ortho nitro benzene ring substituents is 1. The lowest BCUT2D eigenvalue weighted by Crippen LogP contribution is -2.17. The number of para-hydroxylation sites is 1. The molecule has 0 saturated heterocycles. The highest BCUT2D eigenvalue weighted by molar-refractivity contribution is 8.15. The maximum atomic E-state index is 12.7. The molecule has 0 atom stereocenters. The van der Waals surface area contributed by atoms with Crippen LogP contribution in [-0.2, 0) is 9.53 Å². The van der Waals surface area contributed by atoms with Crippen LogP contribution in [0, 0.1) is 10.1 Å². The van der Waals surface area contributed by atoms with Gasteiger partial charge in [0.15, 0.2) is 5.82 Å². The lowest BCUT2D eigenvalue weighted by molar-refractivity contribution is -0.384. The number of hydrogen-bond donors (Lipinski definition) is 1. The van der Waals surface area contributed by atoms with Gasteiger partial charge in [0, 0.05) is 23.4 Å². The summed E-state index contributed by atoms with van der Waals surface area (Å²) >= 11 is 0.995. The van der Waals surface area contributed by atoms with Crippen molar-refractivity contribution in [3.63, 3.8) is 0 Å². The molecule has 0 fully saturated rings. The van der Waals surface area contributed by atoms with Crippen molar-refractivity contribution in [2.24, 2.45) is 5.10 Å². The number of hydrazone groups is 1. The Bertz CT molecular complexity index is 1340. The number of ether oxygens (including phenoxy) is 1. The molecule has 0 aliphatic heterocycles. The van der Waals surface area contributed by atoms with Crippen molar-refractivity contribution in [2.75, 3.05) is 12.0 Å². The summed E-state index contributed by atoms with van der Waals surface area (Å²) in [5.41, 5.74) is 4.83. The Hall–Kier alpha value is -4.51. The molecule has 0 unspecified atom stereocenters. The fraction of sp³-hybridized carbons (Fsp3) is 0.0833. The number of nitrogens with zero attached hydrogens (tertiary/aromatic N) is 5. The fourth-order valence-corrected chi connectivity index (χ4v) is 3.85. The van der Waals surface area contributed by atoms with Gasteiger partial charge in [-0.05, 0) is 43.0 Å². The van der Waals surface area contributed by atoms with Gasteiger partial charge in [-0.2, -0.15) is 5.10 Å². The van der Waals surface area contributed by atoms with Gasteiger partial charge in [-0.15, -0.1) is 10.2 Å². The molecule has 1 aromatic heterocycles. The first-order valence-electron chi connectivity index (χ1n) is 10.6. The normalized spacial score (nSPS) is 11.2. The summed E-state index contributed by atoms with van der Waals surface area (Å²) in [6, 6.07) is 24.8. The Balaban J connectivity index is 1.70. The van der Waals surface area contributed by atoms with Crippen molar-refractivity contribution < 1.29 is 14.5 Å². The molecule has 35 heavy (non-hydrogen) atoms. The van der Waals surface area contributed by atoms with E-state index in [0.717, 1.165) is 23.0 Å². The van der Waals surface area contributed by atoms with E-state index in [1.165, 1.54) is 24.3 Å². The molecule has 11 heteroatoms. The minimum atomic E-state index is -0.643. The first-order chi connectivity index (χ1) is 17.1. The molecule has 0 radical (unpaired) electrons. The molecule has 176 valence electrons. The Labute approximate surface area is 204 Å². The quantitative estimate of drug-likeness (QED) is 0.0970. The van der Waals surface area contributed by atoms with Gasteiger partial charge in [0.25, 0.3) is 5.69 Å². The molecule has 0 aliphatic carbocycles. The minimum Gasteiger partial charge on any atom is -0.461 e. The zero-order valence-corrected chi connectivity index (χ0v) is 19.4. The van der Waals surface area contributed by atoms with E-state index in [4.69, 9.17) is 4.74 Å². The second-order valence-corrected chi connectivity index (χ2v) is 7.95. The van der Waals surface area contributed by atoms with Crippen LogP contribution in [0.15, 0.2) is 95.2 Å². The second kappa shape index (κ2) is 11.1. The average molecular weight is 489 g/mol. The van der Waals surface area contributed by atoms with E-state index in [1.54, 1.807) is 6.92 Å². The number of nitro benzene ring substituents is 1. The summed E-state index contributed by atoms with van der Waals surface area (Å²) < 4.78 is 7.01. The molecule has 0 saturated carbocycles. The van der Waals surface area contributed by atoms with Crippen molar-refractivity contribution >= 4 is 34.1 Å². The summed E-state index contributed by atoms with van der Waals surface area (Å²) in [6.07, 6.45) is 0. The maximum absolute atomic E-state index is 12.7. The number of rotatable bonds is 7. The molecule has 0 spiro atoms. The number of esters is 1. The van der Waals surface area contributed by atoms with Crippen LogP contribution >= 0.6 is 11.8 Å². The Morgan fingerprint density at radius 3 is 2.31 bits per heavy atom. The molecular weight excluding hydrogens is 468 g/mol. The summed E-state index contributed by atoms with van der Waals surface area (Å²) in [5.74, 6) is -0.0402. The Morgan fingerprint density at radius 1 is 1.03 bits per heavy atom. The summed E-state index contributed by atoms with van der Waals surface area (Å²) in [5, 5.41) is 24.2. The zero-order valence-electron chi connectivity index (χ0n) is 18.6. The predicted molar refractivity (Wildman–Crippen MR) is 133 cm³/mol. The number of carbonyl (C=O) groups excluding carboxylic acids is 1. The van der Waals surface area contributed by atoms with Crippen molar-refractivity contribution in [3.8, 4) is 17.1 Å². The highest BCUT2D eigenvalue weighted by Gasteiger charge is 2.22. The van der Waals surface area contributed by atoms with Gasteiger partial charge >= 0.3 is 5.97 Å². The van der Waals surface area contributed by atoms with Gasteiger partial charge in [0.05, 0.1) is 17.2 Å². The number of aromatic nitrogens is 3. The number of benzene rings is 3. The summed E-state index contributed by atoms with van der Waals surface area (Å²) in [4.78, 5) is 23.1. The van der Waals surface area contributed by atoms with Gasteiger partial charge in [-0.25, -0.2) is 4.79 Å². The van der Waals surface area contributed by atoms with Crippen LogP contribution in [0.25, 0.3) is 17.1 Å². The number of nitro groups is 1. The number of thioether (sulfide) groups is 1. The molecule has 4 rings (SSSR count). The molecule has 1 N–H and O–H groups in total. The second-order valence-electron chi connectivity index (χ2n) is 7.00. The van der Waals surface area contributed by atoms with Crippen molar-refractivity contribution in [1.82, 2.24) is 14.8 Å². The van der Waals surface area contributed by atoms with E-state index < -0.39 is 10.9 Å². The topological polar surface area (TPSA) is 125 Å². The maximum Gasteiger partial charge on any atom is 0.365 e. The molecule has 0 aliphatic rings. The number of carbonyl (C=O) groups is 1. The van der Waals surface area contributed by atoms with E-state index in [-0.39, 0.29) is 17.3 Å². The summed E-state index contributed by atoms with van der Waals surface area (Å²) in [7, 11) is 0. The van der Waals surface area contributed by atoms with Crippen LogP contribution in [0.3, 0.4) is 0 Å². The van der Waals surface area contributed by atoms with E-state index >= 15 is 0 Å². The summed E-state index contributed by atoms with van der Waals surface area (Å²) in [6.45, 7) is 1.86. The Kier molecular flexibility index (Phi) is 7.48. The first-order valence-corrected chi connectivity index (χ1v) is 11.4. The van der Waals surface area contributed by atoms with Crippen LogP contribution in [-0.4, -0.2) is 37.3 Å². The van der Waals surface area contributed by atoms with Crippen LogP contribution in [0.4, 0.5) is 11.4 Å². The lowest BCUT2D eigenvalue weighted by Gasteiger charge is -2.11. The van der Waals surface area contributed by atoms with Gasteiger partial charge < -0.3 is 4.74 Å². The third-order valence-corrected chi connectivity index (χ3v) is 5.58. The molecule has 3 aromatic carbocycles. The SMILES string of the molecule is CCOC(=O)/C(=N/Nc1ccc([N+](=O)[O-])cc1)Sc1nnc(-c2ccccc2)n1-c1ccccc1. The third kappa shape index (κ3) is 5.71. The van der Waals surface area contributed by atoms with Crippen LogP contribution in [0.2, 0.25) is 0 Å². The van der Waals surface area contributed by atoms with Crippen molar-refractivity contribution in [3.05, 3.63) is 95.0 Å². The molecule has 1 heterocycles. The molecule has 10 nitrogen and oxygen atoms in total. The number of hydrogen-bond acceptors (Lipinski definition) is 9. The fourth-order valence-electron chi connectivity index (χ4n) is 3.08. The van der Waals surface area contributed by atoms with Gasteiger partial charge in [0.2, 0.25) is 10.2 Å². The molecule has 4 aromatic rings. The highest BCUT2D eigenvalue weighted by Crippen LogP contribution is 2.29. The number of anilines is 1. The van der Waals surface area contributed by atoms with Gasteiger partial charge in [0.1, 0.15) is 0 Å². The van der Waals surface area contributed by atoms with Gasteiger partial charge in [-0.1, -0.05) is 48.5 Å². The lowest BCUT2D eigenvalue weighted by atomic mass is 10.2. The predicted octanol–water partition coefficient (Wildman–Crippen LogP) is 4.92. The first kappa shape index (κ1) is 23.6. The van der Waals surface area contributed by atoms with Gasteiger partial charge in [-0.3, -0.25) is 20.1 Å². The van der Waals surface area contributed by atoms with Crippen LogP contribution in [0.1, 0.15) is 6.92 Å².